The largest absolute Gasteiger partial charge is 0.344 e. The van der Waals surface area contributed by atoms with Crippen molar-refractivity contribution in [2.24, 2.45) is 9.98 Å². The van der Waals surface area contributed by atoms with Crippen molar-refractivity contribution in [1.82, 2.24) is 10.3 Å². The number of amidine groups is 2. The van der Waals surface area contributed by atoms with Gasteiger partial charge < -0.3 is 5.32 Å². The van der Waals surface area contributed by atoms with Crippen molar-refractivity contribution in [2.45, 2.75) is 25.4 Å². The van der Waals surface area contributed by atoms with Crippen molar-refractivity contribution >= 4 is 44.1 Å². The molecule has 0 fully saturated rings. The SMILES string of the molecule is CC1(C)c2ccccc2-c2cc3c(-c4cc(C5=NC(c6cccc7ccccc67)=NC(c6cccc7ccccc67)N5)cc(-c5ccccc5)c4)cc(-c4ccccc4)nc3cc21. The van der Waals surface area contributed by atoms with E-state index in [1.807, 2.05) is 0 Å². The molecule has 10 aromatic rings. The topological polar surface area (TPSA) is 49.6 Å². The summed E-state index contributed by atoms with van der Waals surface area (Å²) in [5.41, 5.74) is 15.6. The van der Waals surface area contributed by atoms with Gasteiger partial charge in [0.1, 0.15) is 12.0 Å². The number of aromatic nitrogens is 1. The molecule has 9 aromatic carbocycles. The van der Waals surface area contributed by atoms with Crippen LogP contribution in [0.2, 0.25) is 0 Å². The van der Waals surface area contributed by atoms with E-state index in [4.69, 9.17) is 15.0 Å². The third-order valence-corrected chi connectivity index (χ3v) is 13.1. The average molecular weight is 807 g/mol. The molecule has 1 N–H and O–H groups in total. The number of aliphatic imine (C=N–C) groups is 2. The van der Waals surface area contributed by atoms with E-state index in [2.05, 4.69) is 225 Å². The van der Waals surface area contributed by atoms with Gasteiger partial charge in [0.25, 0.3) is 0 Å². The number of fused-ring (bicyclic) bond motifs is 6. The highest BCUT2D eigenvalue weighted by Gasteiger charge is 2.36. The summed E-state index contributed by atoms with van der Waals surface area (Å²) in [6.07, 6.45) is -0.390. The molecule has 1 unspecified atom stereocenters. The summed E-state index contributed by atoms with van der Waals surface area (Å²) in [5, 5.41) is 9.58. The molecular weight excluding hydrogens is 765 g/mol. The lowest BCUT2D eigenvalue weighted by atomic mass is 9.82. The lowest BCUT2D eigenvalue weighted by Crippen LogP contribution is -2.33. The van der Waals surface area contributed by atoms with Gasteiger partial charge >= 0.3 is 0 Å². The summed E-state index contributed by atoms with van der Waals surface area (Å²) in [6.45, 7) is 4.67. The number of hydrogen-bond donors (Lipinski definition) is 1. The van der Waals surface area contributed by atoms with Crippen LogP contribution in [0.1, 0.15) is 47.8 Å². The van der Waals surface area contributed by atoms with Crippen LogP contribution in [-0.4, -0.2) is 16.7 Å². The lowest BCUT2D eigenvalue weighted by molar-refractivity contribution is 0.661. The van der Waals surface area contributed by atoms with Crippen LogP contribution in [-0.2, 0) is 5.41 Å². The minimum atomic E-state index is -0.390. The monoisotopic (exact) mass is 806 g/mol. The molecule has 1 atom stereocenters. The van der Waals surface area contributed by atoms with Crippen LogP contribution in [0.4, 0.5) is 0 Å². The van der Waals surface area contributed by atoms with Crippen LogP contribution in [0.25, 0.3) is 77.1 Å². The summed E-state index contributed by atoms with van der Waals surface area (Å²) in [6, 6.07) is 73.9. The standard InChI is InChI=1S/C59H42N4/c1-59(2)52-30-14-13-27-46(52)50-34-51-49(35-54(40-21-7-4-8-22-40)60-55(51)36-53(50)59)42-31-41(37-17-5-3-6-18-37)32-43(33-42)56-61-57(47-28-15-23-38-19-9-11-25-44(38)47)63-58(62-56)48-29-16-24-39-20-10-12-26-45(39)48/h3-36,57H,1-2H3,(H,61,62,63). The van der Waals surface area contributed by atoms with Gasteiger partial charge in [0.2, 0.25) is 0 Å². The first-order valence-electron chi connectivity index (χ1n) is 21.7. The second kappa shape index (κ2) is 14.6. The van der Waals surface area contributed by atoms with Gasteiger partial charge in [-0.15, -0.1) is 0 Å². The Labute approximate surface area is 367 Å². The minimum absolute atomic E-state index is 0.153. The van der Waals surface area contributed by atoms with Crippen LogP contribution in [0, 0.1) is 0 Å². The maximum Gasteiger partial charge on any atom is 0.160 e. The van der Waals surface area contributed by atoms with Gasteiger partial charge in [-0.25, -0.2) is 15.0 Å². The molecule has 2 heterocycles. The Morgan fingerprint density at radius 3 is 1.86 bits per heavy atom. The van der Waals surface area contributed by atoms with Gasteiger partial charge in [-0.3, -0.25) is 0 Å². The Kier molecular flexibility index (Phi) is 8.55. The number of benzene rings is 9. The number of nitrogens with one attached hydrogen (secondary N) is 1. The van der Waals surface area contributed by atoms with Gasteiger partial charge in [0.05, 0.1) is 11.2 Å². The third kappa shape index (κ3) is 6.25. The Morgan fingerprint density at radius 1 is 0.429 bits per heavy atom. The molecule has 0 spiro atoms. The summed E-state index contributed by atoms with van der Waals surface area (Å²) in [4.78, 5) is 16.3. The molecule has 63 heavy (non-hydrogen) atoms. The molecule has 298 valence electrons. The number of nitrogens with zero attached hydrogens (tertiary/aromatic N) is 3. The zero-order valence-electron chi connectivity index (χ0n) is 35.0. The van der Waals surface area contributed by atoms with Crippen molar-refractivity contribution in [3.05, 3.63) is 234 Å². The van der Waals surface area contributed by atoms with Crippen LogP contribution in [0.5, 0.6) is 0 Å². The highest BCUT2D eigenvalue weighted by molar-refractivity contribution is 6.18. The van der Waals surface area contributed by atoms with E-state index in [0.717, 1.165) is 83.1 Å². The second-order valence-corrected chi connectivity index (χ2v) is 17.2. The summed E-state index contributed by atoms with van der Waals surface area (Å²) in [5.74, 6) is 1.46. The number of hydrogen-bond acceptors (Lipinski definition) is 4. The molecule has 1 aliphatic carbocycles. The molecule has 1 aliphatic heterocycles. The van der Waals surface area contributed by atoms with Crippen LogP contribution >= 0.6 is 0 Å². The normalized spacial score (nSPS) is 15.1. The predicted molar refractivity (Wildman–Crippen MR) is 262 cm³/mol. The lowest BCUT2D eigenvalue weighted by Gasteiger charge is -2.26. The van der Waals surface area contributed by atoms with E-state index >= 15 is 0 Å². The Balaban J connectivity index is 1.11. The Bertz CT molecular complexity index is 3500. The fourth-order valence-electron chi connectivity index (χ4n) is 9.92. The average Bonchev–Trinajstić information content (AvgIpc) is 3.57. The second-order valence-electron chi connectivity index (χ2n) is 17.2. The maximum atomic E-state index is 5.46. The van der Waals surface area contributed by atoms with Gasteiger partial charge in [-0.05, 0) is 102 Å². The van der Waals surface area contributed by atoms with Crippen molar-refractivity contribution < 1.29 is 0 Å². The van der Waals surface area contributed by atoms with Crippen LogP contribution in [0.15, 0.2) is 216 Å². The van der Waals surface area contributed by atoms with E-state index in [-0.39, 0.29) is 11.6 Å². The molecule has 0 amide bonds. The van der Waals surface area contributed by atoms with Gasteiger partial charge in [0.15, 0.2) is 5.84 Å². The minimum Gasteiger partial charge on any atom is -0.344 e. The molecular formula is C59H42N4. The van der Waals surface area contributed by atoms with E-state index in [9.17, 15) is 0 Å². The first-order valence-corrected chi connectivity index (χ1v) is 21.7. The van der Waals surface area contributed by atoms with Crippen molar-refractivity contribution in [1.29, 1.82) is 0 Å². The molecule has 2 aliphatic rings. The van der Waals surface area contributed by atoms with E-state index in [0.29, 0.717) is 5.84 Å². The Morgan fingerprint density at radius 2 is 1.05 bits per heavy atom. The maximum absolute atomic E-state index is 5.46. The van der Waals surface area contributed by atoms with Crippen LogP contribution < -0.4 is 5.32 Å². The highest BCUT2D eigenvalue weighted by Crippen LogP contribution is 2.51. The molecule has 0 bridgehead atoms. The summed E-state index contributed by atoms with van der Waals surface area (Å²) < 4.78 is 0. The molecule has 0 saturated heterocycles. The van der Waals surface area contributed by atoms with E-state index in [1.165, 1.54) is 27.6 Å². The van der Waals surface area contributed by atoms with Crippen LogP contribution in [0.3, 0.4) is 0 Å². The van der Waals surface area contributed by atoms with Crippen molar-refractivity contribution in [3.63, 3.8) is 0 Å². The van der Waals surface area contributed by atoms with Gasteiger partial charge in [-0.1, -0.05) is 184 Å². The highest BCUT2D eigenvalue weighted by atomic mass is 15.2. The fraction of sp³-hybridized carbons (Fsp3) is 0.0678. The van der Waals surface area contributed by atoms with E-state index < -0.39 is 0 Å². The molecule has 1 aromatic heterocycles. The smallest absolute Gasteiger partial charge is 0.160 e. The molecule has 0 saturated carbocycles. The van der Waals surface area contributed by atoms with Gasteiger partial charge in [0, 0.05) is 33.1 Å². The zero-order chi connectivity index (χ0) is 42.1. The first-order chi connectivity index (χ1) is 31.0. The number of pyridine rings is 1. The van der Waals surface area contributed by atoms with Gasteiger partial charge in [-0.2, -0.15) is 0 Å². The summed E-state index contributed by atoms with van der Waals surface area (Å²) in [7, 11) is 0. The molecule has 4 heteroatoms. The molecule has 0 radical (unpaired) electrons. The Hall–Kier alpha value is -7.95. The molecule has 4 nitrogen and oxygen atoms in total. The fourth-order valence-corrected chi connectivity index (χ4v) is 9.92. The number of rotatable bonds is 6. The quantitative estimate of drug-likeness (QED) is 0.182. The predicted octanol–water partition coefficient (Wildman–Crippen LogP) is 14.3. The van der Waals surface area contributed by atoms with Crippen molar-refractivity contribution in [2.75, 3.05) is 0 Å². The third-order valence-electron chi connectivity index (χ3n) is 13.1. The van der Waals surface area contributed by atoms with Crippen molar-refractivity contribution in [3.8, 4) is 44.6 Å². The first kappa shape index (κ1) is 36.9. The molecule has 12 rings (SSSR count). The van der Waals surface area contributed by atoms with E-state index in [1.54, 1.807) is 0 Å². The summed E-state index contributed by atoms with van der Waals surface area (Å²) >= 11 is 0. The zero-order valence-corrected chi connectivity index (χ0v) is 35.0.